The molecule has 28 heavy (non-hydrogen) atoms. The Morgan fingerprint density at radius 2 is 1.86 bits per heavy atom. The molecule has 0 amide bonds. The summed E-state index contributed by atoms with van der Waals surface area (Å²) in [5.74, 6) is 3.88. The molecule has 1 saturated heterocycles. The van der Waals surface area contributed by atoms with Gasteiger partial charge < -0.3 is 14.2 Å². The standard InChI is InChI=1S/C22H33N5O/c1-16-13-17(5-8-20(16)28-4)14-26-11-9-18(10-12-26)22-24-23-21(15-25(2)3)27(22)19-6-7-19/h5,8,13,18-19H,6-7,9-12,14-15H2,1-4H3. The molecular weight excluding hydrogens is 350 g/mol. The van der Waals surface area contributed by atoms with Crippen LogP contribution in [0.1, 0.15) is 60.4 Å². The number of ether oxygens (including phenoxy) is 1. The van der Waals surface area contributed by atoms with Crippen LogP contribution < -0.4 is 4.74 Å². The summed E-state index contributed by atoms with van der Waals surface area (Å²) >= 11 is 0. The molecule has 0 N–H and O–H groups in total. The van der Waals surface area contributed by atoms with Gasteiger partial charge >= 0.3 is 0 Å². The van der Waals surface area contributed by atoms with Crippen molar-refractivity contribution in [2.24, 2.45) is 0 Å². The van der Waals surface area contributed by atoms with Crippen LogP contribution in [-0.2, 0) is 13.1 Å². The van der Waals surface area contributed by atoms with Gasteiger partial charge in [-0.05, 0) is 77.0 Å². The number of aryl methyl sites for hydroxylation is 1. The van der Waals surface area contributed by atoms with Gasteiger partial charge in [-0.1, -0.05) is 12.1 Å². The molecule has 6 nitrogen and oxygen atoms in total. The van der Waals surface area contributed by atoms with E-state index in [0.717, 1.165) is 37.8 Å². The molecule has 152 valence electrons. The first-order chi connectivity index (χ1) is 13.5. The second-order valence-corrected chi connectivity index (χ2v) is 8.67. The molecule has 0 atom stereocenters. The van der Waals surface area contributed by atoms with E-state index in [9.17, 15) is 0 Å². The fourth-order valence-electron chi connectivity index (χ4n) is 4.38. The first-order valence-corrected chi connectivity index (χ1v) is 10.5. The molecule has 0 radical (unpaired) electrons. The molecule has 1 aromatic carbocycles. The Morgan fingerprint density at radius 3 is 2.46 bits per heavy atom. The quantitative estimate of drug-likeness (QED) is 0.734. The third kappa shape index (κ3) is 4.23. The number of hydrogen-bond acceptors (Lipinski definition) is 5. The first kappa shape index (κ1) is 19.4. The van der Waals surface area contributed by atoms with E-state index in [0.29, 0.717) is 12.0 Å². The number of hydrogen-bond donors (Lipinski definition) is 0. The van der Waals surface area contributed by atoms with Crippen molar-refractivity contribution in [3.8, 4) is 5.75 Å². The minimum atomic E-state index is 0.540. The van der Waals surface area contributed by atoms with Crippen molar-refractivity contribution < 1.29 is 4.74 Å². The summed E-state index contributed by atoms with van der Waals surface area (Å²) in [6.45, 7) is 6.25. The molecule has 1 saturated carbocycles. The molecule has 4 rings (SSSR count). The number of methoxy groups -OCH3 is 1. The van der Waals surface area contributed by atoms with E-state index in [1.165, 1.54) is 42.6 Å². The lowest BCUT2D eigenvalue weighted by Crippen LogP contribution is -2.33. The van der Waals surface area contributed by atoms with Crippen molar-refractivity contribution in [3.63, 3.8) is 0 Å². The molecule has 2 aromatic rings. The normalized spacial score (nSPS) is 18.8. The smallest absolute Gasteiger partial charge is 0.147 e. The lowest BCUT2D eigenvalue weighted by molar-refractivity contribution is 0.199. The van der Waals surface area contributed by atoms with Crippen LogP contribution >= 0.6 is 0 Å². The minimum absolute atomic E-state index is 0.540. The molecule has 1 aliphatic carbocycles. The lowest BCUT2D eigenvalue weighted by Gasteiger charge is -2.32. The van der Waals surface area contributed by atoms with Crippen LogP contribution in [0, 0.1) is 6.92 Å². The van der Waals surface area contributed by atoms with E-state index in [1.54, 1.807) is 7.11 Å². The van der Waals surface area contributed by atoms with Crippen LogP contribution in [0.25, 0.3) is 0 Å². The number of piperidine rings is 1. The van der Waals surface area contributed by atoms with E-state index < -0.39 is 0 Å². The third-order valence-corrected chi connectivity index (χ3v) is 5.98. The highest BCUT2D eigenvalue weighted by Crippen LogP contribution is 2.40. The Labute approximate surface area is 168 Å². The highest BCUT2D eigenvalue weighted by molar-refractivity contribution is 5.36. The van der Waals surface area contributed by atoms with Gasteiger partial charge in [-0.25, -0.2) is 0 Å². The topological polar surface area (TPSA) is 46.4 Å². The number of aromatic nitrogens is 3. The average Bonchev–Trinajstić information content (AvgIpc) is 3.43. The molecular formula is C22H33N5O. The molecule has 6 heteroatoms. The molecule has 2 fully saturated rings. The summed E-state index contributed by atoms with van der Waals surface area (Å²) in [6, 6.07) is 7.17. The number of rotatable bonds is 7. The Kier molecular flexibility index (Phi) is 5.69. The summed E-state index contributed by atoms with van der Waals surface area (Å²) < 4.78 is 7.85. The second-order valence-electron chi connectivity index (χ2n) is 8.67. The van der Waals surface area contributed by atoms with Gasteiger partial charge in [-0.3, -0.25) is 4.90 Å². The fraction of sp³-hybridized carbons (Fsp3) is 0.636. The molecule has 2 aliphatic rings. The van der Waals surface area contributed by atoms with E-state index in [4.69, 9.17) is 4.74 Å². The summed E-state index contributed by atoms with van der Waals surface area (Å²) in [5.41, 5.74) is 2.58. The van der Waals surface area contributed by atoms with Crippen LogP contribution in [0.4, 0.5) is 0 Å². The zero-order valence-corrected chi connectivity index (χ0v) is 17.7. The van der Waals surface area contributed by atoms with Gasteiger partial charge in [-0.15, -0.1) is 10.2 Å². The SMILES string of the molecule is COc1ccc(CN2CCC(c3nnc(CN(C)C)n3C3CC3)CC2)cc1C. The van der Waals surface area contributed by atoms with Crippen molar-refractivity contribution in [1.82, 2.24) is 24.6 Å². The summed E-state index contributed by atoms with van der Waals surface area (Å²) in [4.78, 5) is 4.75. The fourth-order valence-corrected chi connectivity index (χ4v) is 4.38. The molecule has 0 spiro atoms. The monoisotopic (exact) mass is 383 g/mol. The van der Waals surface area contributed by atoms with Crippen molar-refractivity contribution in [3.05, 3.63) is 41.0 Å². The van der Waals surface area contributed by atoms with E-state index in [2.05, 4.69) is 63.8 Å². The Hall–Kier alpha value is -1.92. The maximum absolute atomic E-state index is 5.38. The minimum Gasteiger partial charge on any atom is -0.496 e. The van der Waals surface area contributed by atoms with Gasteiger partial charge in [-0.2, -0.15) is 0 Å². The van der Waals surface area contributed by atoms with E-state index in [1.807, 2.05) is 0 Å². The predicted octanol–water partition coefficient (Wildman–Crippen LogP) is 3.37. The van der Waals surface area contributed by atoms with Crippen LogP contribution in [0.5, 0.6) is 5.75 Å². The first-order valence-electron chi connectivity index (χ1n) is 10.5. The van der Waals surface area contributed by atoms with Gasteiger partial charge in [0.15, 0.2) is 0 Å². The van der Waals surface area contributed by atoms with Crippen molar-refractivity contribution >= 4 is 0 Å². The van der Waals surface area contributed by atoms with Gasteiger partial charge in [0.1, 0.15) is 17.4 Å². The van der Waals surface area contributed by atoms with E-state index >= 15 is 0 Å². The third-order valence-electron chi connectivity index (χ3n) is 5.98. The Morgan fingerprint density at radius 1 is 1.11 bits per heavy atom. The average molecular weight is 384 g/mol. The maximum Gasteiger partial charge on any atom is 0.147 e. The van der Waals surface area contributed by atoms with Gasteiger partial charge in [0.25, 0.3) is 0 Å². The van der Waals surface area contributed by atoms with Crippen LogP contribution in [-0.4, -0.2) is 58.9 Å². The molecule has 2 heterocycles. The Bertz CT molecular complexity index is 803. The van der Waals surface area contributed by atoms with Crippen molar-refractivity contribution in [1.29, 1.82) is 0 Å². The van der Waals surface area contributed by atoms with Crippen molar-refractivity contribution in [2.75, 3.05) is 34.3 Å². The molecule has 1 aliphatic heterocycles. The van der Waals surface area contributed by atoms with Gasteiger partial charge in [0.2, 0.25) is 0 Å². The summed E-state index contributed by atoms with van der Waals surface area (Å²) in [6.07, 6.45) is 4.90. The zero-order chi connectivity index (χ0) is 19.7. The molecule has 0 unspecified atom stereocenters. The number of benzene rings is 1. The zero-order valence-electron chi connectivity index (χ0n) is 17.7. The van der Waals surface area contributed by atoms with Crippen LogP contribution in [0.3, 0.4) is 0 Å². The van der Waals surface area contributed by atoms with Crippen LogP contribution in [0.2, 0.25) is 0 Å². The number of nitrogens with zero attached hydrogens (tertiary/aromatic N) is 5. The van der Waals surface area contributed by atoms with Crippen molar-refractivity contribution in [2.45, 2.75) is 57.7 Å². The maximum atomic E-state index is 5.38. The largest absolute Gasteiger partial charge is 0.496 e. The Balaban J connectivity index is 1.39. The van der Waals surface area contributed by atoms with Crippen LogP contribution in [0.15, 0.2) is 18.2 Å². The second kappa shape index (κ2) is 8.21. The highest BCUT2D eigenvalue weighted by atomic mass is 16.5. The van der Waals surface area contributed by atoms with E-state index in [-0.39, 0.29) is 0 Å². The highest BCUT2D eigenvalue weighted by Gasteiger charge is 2.33. The summed E-state index contributed by atoms with van der Waals surface area (Å²) in [7, 11) is 5.94. The molecule has 1 aromatic heterocycles. The predicted molar refractivity (Wildman–Crippen MR) is 111 cm³/mol. The van der Waals surface area contributed by atoms with Gasteiger partial charge in [0, 0.05) is 18.5 Å². The summed E-state index contributed by atoms with van der Waals surface area (Å²) in [5, 5.41) is 9.20. The lowest BCUT2D eigenvalue weighted by atomic mass is 9.95. The number of likely N-dealkylation sites (tertiary alicyclic amines) is 1. The molecule has 0 bridgehead atoms. The van der Waals surface area contributed by atoms with Gasteiger partial charge in [0.05, 0.1) is 13.7 Å².